The van der Waals surface area contributed by atoms with Crippen molar-refractivity contribution in [2.75, 3.05) is 7.11 Å². The lowest BCUT2D eigenvalue weighted by Crippen LogP contribution is -1.82. The molecule has 0 atom stereocenters. The standard InChI is InChI=1S/C10H9ClO2/c1-6-5-7-3-4-8(12-2)9(11)10(7)13-6/h3-5H,1-2H3. The highest BCUT2D eigenvalue weighted by atomic mass is 35.5. The van der Waals surface area contributed by atoms with Gasteiger partial charge in [-0.25, -0.2) is 0 Å². The molecule has 1 aromatic carbocycles. The molecule has 0 aliphatic heterocycles. The molecule has 0 spiro atoms. The smallest absolute Gasteiger partial charge is 0.156 e. The molecule has 0 bridgehead atoms. The average molecular weight is 197 g/mol. The summed E-state index contributed by atoms with van der Waals surface area (Å²) < 4.78 is 10.5. The lowest BCUT2D eigenvalue weighted by atomic mass is 10.2. The Morgan fingerprint density at radius 3 is 2.85 bits per heavy atom. The molecule has 0 unspecified atom stereocenters. The molecule has 1 heterocycles. The van der Waals surface area contributed by atoms with Crippen LogP contribution in [0.1, 0.15) is 5.76 Å². The second-order valence-electron chi connectivity index (χ2n) is 2.86. The van der Waals surface area contributed by atoms with Gasteiger partial charge in [0.15, 0.2) is 5.58 Å². The Kier molecular flexibility index (Phi) is 1.93. The third-order valence-corrected chi connectivity index (χ3v) is 2.29. The first-order valence-corrected chi connectivity index (χ1v) is 4.33. The summed E-state index contributed by atoms with van der Waals surface area (Å²) in [6, 6.07) is 5.71. The molecule has 0 aliphatic rings. The summed E-state index contributed by atoms with van der Waals surface area (Å²) in [4.78, 5) is 0. The van der Waals surface area contributed by atoms with Gasteiger partial charge in [-0.3, -0.25) is 0 Å². The lowest BCUT2D eigenvalue weighted by molar-refractivity contribution is 0.414. The van der Waals surface area contributed by atoms with Gasteiger partial charge in [0.2, 0.25) is 0 Å². The maximum Gasteiger partial charge on any atom is 0.156 e. The van der Waals surface area contributed by atoms with Gasteiger partial charge in [0.05, 0.1) is 7.11 Å². The minimum Gasteiger partial charge on any atom is -0.495 e. The molecular formula is C10H9ClO2. The van der Waals surface area contributed by atoms with E-state index in [0.717, 1.165) is 11.1 Å². The maximum absolute atomic E-state index is 6.04. The molecule has 3 heteroatoms. The first kappa shape index (κ1) is 8.45. The number of hydrogen-bond donors (Lipinski definition) is 0. The fourth-order valence-electron chi connectivity index (χ4n) is 1.34. The molecule has 0 N–H and O–H groups in total. The molecule has 1 aromatic heterocycles. The summed E-state index contributed by atoms with van der Waals surface area (Å²) in [6.45, 7) is 1.89. The Balaban J connectivity index is 2.78. The predicted molar refractivity (Wildman–Crippen MR) is 52.5 cm³/mol. The monoisotopic (exact) mass is 196 g/mol. The topological polar surface area (TPSA) is 22.4 Å². The van der Waals surface area contributed by atoms with E-state index in [1.54, 1.807) is 7.11 Å². The molecule has 2 aromatic rings. The highest BCUT2D eigenvalue weighted by molar-refractivity contribution is 6.36. The average Bonchev–Trinajstić information content (AvgIpc) is 2.47. The number of hydrogen-bond acceptors (Lipinski definition) is 2. The maximum atomic E-state index is 6.04. The Morgan fingerprint density at radius 2 is 2.15 bits per heavy atom. The van der Waals surface area contributed by atoms with Crippen LogP contribution >= 0.6 is 11.6 Å². The van der Waals surface area contributed by atoms with E-state index in [2.05, 4.69) is 0 Å². The van der Waals surface area contributed by atoms with Gasteiger partial charge >= 0.3 is 0 Å². The zero-order chi connectivity index (χ0) is 9.42. The van der Waals surface area contributed by atoms with Crippen molar-refractivity contribution in [3.63, 3.8) is 0 Å². The summed E-state index contributed by atoms with van der Waals surface area (Å²) in [6.07, 6.45) is 0. The number of aryl methyl sites for hydroxylation is 1. The zero-order valence-corrected chi connectivity index (χ0v) is 8.18. The van der Waals surface area contributed by atoms with Crippen molar-refractivity contribution < 1.29 is 9.15 Å². The van der Waals surface area contributed by atoms with Crippen LogP contribution < -0.4 is 4.74 Å². The van der Waals surface area contributed by atoms with Gasteiger partial charge in [0.25, 0.3) is 0 Å². The minimum atomic E-state index is 0.535. The predicted octanol–water partition coefficient (Wildman–Crippen LogP) is 3.40. The number of methoxy groups -OCH3 is 1. The molecule has 2 rings (SSSR count). The van der Waals surface area contributed by atoms with Gasteiger partial charge in [0, 0.05) is 5.39 Å². The van der Waals surface area contributed by atoms with Gasteiger partial charge in [-0.2, -0.15) is 0 Å². The van der Waals surface area contributed by atoms with Gasteiger partial charge in [-0.05, 0) is 25.1 Å². The van der Waals surface area contributed by atoms with E-state index in [9.17, 15) is 0 Å². The van der Waals surface area contributed by atoms with Crippen LogP contribution in [-0.2, 0) is 0 Å². The normalized spacial score (nSPS) is 10.7. The van der Waals surface area contributed by atoms with Gasteiger partial charge in [-0.1, -0.05) is 11.6 Å². The third kappa shape index (κ3) is 1.27. The molecule has 68 valence electrons. The number of furan rings is 1. The molecular weight excluding hydrogens is 188 g/mol. The van der Waals surface area contributed by atoms with E-state index in [1.165, 1.54) is 0 Å². The number of fused-ring (bicyclic) bond motifs is 1. The van der Waals surface area contributed by atoms with Crippen LogP contribution in [-0.4, -0.2) is 7.11 Å². The van der Waals surface area contributed by atoms with Crippen molar-refractivity contribution in [2.45, 2.75) is 6.92 Å². The Bertz CT molecular complexity index is 445. The second kappa shape index (κ2) is 2.96. The molecule has 13 heavy (non-hydrogen) atoms. The van der Waals surface area contributed by atoms with Gasteiger partial charge in [-0.15, -0.1) is 0 Å². The van der Waals surface area contributed by atoms with Crippen molar-refractivity contribution in [1.29, 1.82) is 0 Å². The van der Waals surface area contributed by atoms with Crippen LogP contribution in [0.25, 0.3) is 11.0 Å². The lowest BCUT2D eigenvalue weighted by Gasteiger charge is -2.01. The Hall–Kier alpha value is -1.15. The number of rotatable bonds is 1. The number of halogens is 1. The highest BCUT2D eigenvalue weighted by Gasteiger charge is 2.09. The van der Waals surface area contributed by atoms with Crippen molar-refractivity contribution in [3.8, 4) is 5.75 Å². The first-order valence-electron chi connectivity index (χ1n) is 3.95. The van der Waals surface area contributed by atoms with Crippen molar-refractivity contribution in [2.24, 2.45) is 0 Å². The van der Waals surface area contributed by atoms with Crippen LogP contribution in [0.4, 0.5) is 0 Å². The Labute approximate surface area is 81.1 Å². The Morgan fingerprint density at radius 1 is 1.38 bits per heavy atom. The fraction of sp³-hybridized carbons (Fsp3) is 0.200. The molecule has 0 aliphatic carbocycles. The summed E-state index contributed by atoms with van der Waals surface area (Å²) in [5, 5.41) is 1.54. The SMILES string of the molecule is COc1ccc2cc(C)oc2c1Cl. The third-order valence-electron chi connectivity index (χ3n) is 1.93. The summed E-state index contributed by atoms with van der Waals surface area (Å²) in [5.74, 6) is 1.49. The van der Waals surface area contributed by atoms with Crippen LogP contribution in [0.5, 0.6) is 5.75 Å². The molecule has 2 nitrogen and oxygen atoms in total. The van der Waals surface area contributed by atoms with E-state index in [4.69, 9.17) is 20.8 Å². The van der Waals surface area contributed by atoms with E-state index in [0.29, 0.717) is 16.4 Å². The largest absolute Gasteiger partial charge is 0.495 e. The molecule has 0 saturated carbocycles. The minimum absolute atomic E-state index is 0.535. The van der Waals surface area contributed by atoms with E-state index in [-0.39, 0.29) is 0 Å². The van der Waals surface area contributed by atoms with Crippen LogP contribution in [0.15, 0.2) is 22.6 Å². The molecule has 0 amide bonds. The summed E-state index contributed by atoms with van der Waals surface area (Å²) in [5.41, 5.74) is 0.693. The van der Waals surface area contributed by atoms with Gasteiger partial charge < -0.3 is 9.15 Å². The number of ether oxygens (including phenoxy) is 1. The highest BCUT2D eigenvalue weighted by Crippen LogP contribution is 2.34. The molecule has 0 radical (unpaired) electrons. The van der Waals surface area contributed by atoms with E-state index < -0.39 is 0 Å². The molecule has 0 saturated heterocycles. The van der Waals surface area contributed by atoms with Crippen LogP contribution in [0, 0.1) is 6.92 Å². The van der Waals surface area contributed by atoms with Crippen LogP contribution in [0.3, 0.4) is 0 Å². The molecule has 0 fully saturated rings. The van der Waals surface area contributed by atoms with Crippen molar-refractivity contribution in [3.05, 3.63) is 29.0 Å². The summed E-state index contributed by atoms with van der Waals surface area (Å²) >= 11 is 6.04. The second-order valence-corrected chi connectivity index (χ2v) is 3.24. The zero-order valence-electron chi connectivity index (χ0n) is 7.43. The van der Waals surface area contributed by atoms with Crippen LogP contribution in [0.2, 0.25) is 5.02 Å². The summed E-state index contributed by atoms with van der Waals surface area (Å²) in [7, 11) is 1.59. The van der Waals surface area contributed by atoms with Crippen molar-refractivity contribution in [1.82, 2.24) is 0 Å². The number of benzene rings is 1. The fourth-order valence-corrected chi connectivity index (χ4v) is 1.63. The first-order chi connectivity index (χ1) is 6.22. The van der Waals surface area contributed by atoms with E-state index >= 15 is 0 Å². The quantitative estimate of drug-likeness (QED) is 0.698. The van der Waals surface area contributed by atoms with E-state index in [1.807, 2.05) is 25.1 Å². The van der Waals surface area contributed by atoms with Gasteiger partial charge in [0.1, 0.15) is 16.5 Å². The van der Waals surface area contributed by atoms with Crippen molar-refractivity contribution >= 4 is 22.6 Å².